The molecule has 0 aromatic heterocycles. The summed E-state index contributed by atoms with van der Waals surface area (Å²) in [7, 11) is 0. The highest BCUT2D eigenvalue weighted by molar-refractivity contribution is 5.88. The molecule has 1 aliphatic heterocycles. The maximum atomic E-state index is 11.2. The molecular weight excluding hydrogens is 368 g/mol. The lowest BCUT2D eigenvalue weighted by atomic mass is 9.84. The smallest absolute Gasteiger partial charge is 0.335 e. The van der Waals surface area contributed by atoms with Gasteiger partial charge in [0.05, 0.1) is 23.5 Å². The number of rotatable bonds is 5. The fourth-order valence-electron chi connectivity index (χ4n) is 5.17. The maximum absolute atomic E-state index is 11.2. The van der Waals surface area contributed by atoms with Crippen LogP contribution in [0.2, 0.25) is 0 Å². The van der Waals surface area contributed by atoms with Crippen LogP contribution >= 0.6 is 0 Å². The first kappa shape index (κ1) is 20.2. The van der Waals surface area contributed by atoms with Crippen LogP contribution in [0.15, 0.2) is 42.2 Å². The molecule has 2 aliphatic carbocycles. The number of fused-ring (bicyclic) bond motifs is 1. The second-order valence-corrected chi connectivity index (χ2v) is 8.72. The molecule has 1 aromatic carbocycles. The lowest BCUT2D eigenvalue weighted by Gasteiger charge is -2.25. The lowest BCUT2D eigenvalue weighted by Crippen LogP contribution is -2.22. The van der Waals surface area contributed by atoms with Crippen LogP contribution in [-0.4, -0.2) is 39.6 Å². The number of hydrogen-bond donors (Lipinski definition) is 3. The van der Waals surface area contributed by atoms with Crippen molar-refractivity contribution in [1.29, 1.82) is 0 Å². The first-order valence-corrected chi connectivity index (χ1v) is 10.8. The van der Waals surface area contributed by atoms with E-state index >= 15 is 0 Å². The standard InChI is InChI=1S/C24H30O5/c25-21(16-6-2-1-3-7-16)10-9-19-20-13-18(29-23(20)14-22(19)26)12-15-5-4-8-17(11-15)24(27)28/h4-5,8-12,16,19-23,25-26H,1-3,6-7,13-14H2,(H,27,28). The number of aliphatic hydroxyl groups is 2. The molecule has 0 amide bonds. The number of carbonyl (C=O) groups is 1. The minimum absolute atomic E-state index is 0.0190. The minimum Gasteiger partial charge on any atom is -0.494 e. The van der Waals surface area contributed by atoms with E-state index in [4.69, 9.17) is 9.84 Å². The molecule has 1 saturated heterocycles. The zero-order valence-corrected chi connectivity index (χ0v) is 16.6. The second kappa shape index (κ2) is 8.72. The summed E-state index contributed by atoms with van der Waals surface area (Å²) in [6, 6.07) is 6.81. The summed E-state index contributed by atoms with van der Waals surface area (Å²) in [4.78, 5) is 11.2. The molecule has 0 bridgehead atoms. The van der Waals surface area contributed by atoms with E-state index < -0.39 is 18.2 Å². The molecule has 0 radical (unpaired) electrons. The Bertz CT molecular complexity index is 792. The van der Waals surface area contributed by atoms with Crippen LogP contribution in [0.5, 0.6) is 0 Å². The zero-order valence-electron chi connectivity index (χ0n) is 16.6. The predicted octanol–water partition coefficient (Wildman–Crippen LogP) is 4.01. The van der Waals surface area contributed by atoms with E-state index in [1.54, 1.807) is 18.2 Å². The van der Waals surface area contributed by atoms with Gasteiger partial charge in [0.25, 0.3) is 0 Å². The van der Waals surface area contributed by atoms with Crippen molar-refractivity contribution in [2.45, 2.75) is 63.3 Å². The van der Waals surface area contributed by atoms with Crippen LogP contribution < -0.4 is 0 Å². The highest BCUT2D eigenvalue weighted by Gasteiger charge is 2.47. The van der Waals surface area contributed by atoms with Gasteiger partial charge in [-0.2, -0.15) is 0 Å². The van der Waals surface area contributed by atoms with Gasteiger partial charge in [0.1, 0.15) is 6.10 Å². The molecule has 29 heavy (non-hydrogen) atoms. The van der Waals surface area contributed by atoms with E-state index in [2.05, 4.69) is 0 Å². The van der Waals surface area contributed by atoms with Gasteiger partial charge in [0.2, 0.25) is 0 Å². The van der Waals surface area contributed by atoms with Crippen molar-refractivity contribution in [2.24, 2.45) is 17.8 Å². The van der Waals surface area contributed by atoms with E-state index in [1.165, 1.54) is 19.3 Å². The number of aliphatic hydroxyl groups excluding tert-OH is 2. The summed E-state index contributed by atoms with van der Waals surface area (Å²) in [5.41, 5.74) is 1.06. The lowest BCUT2D eigenvalue weighted by molar-refractivity contribution is 0.0696. The minimum atomic E-state index is -0.945. The zero-order chi connectivity index (χ0) is 20.4. The molecular formula is C24H30O5. The number of aromatic carboxylic acids is 1. The van der Waals surface area contributed by atoms with E-state index in [-0.39, 0.29) is 23.5 Å². The molecule has 5 heteroatoms. The van der Waals surface area contributed by atoms with Gasteiger partial charge in [-0.1, -0.05) is 43.5 Å². The Kier molecular flexibility index (Phi) is 6.07. The molecule has 1 aromatic rings. The van der Waals surface area contributed by atoms with Crippen LogP contribution in [0.3, 0.4) is 0 Å². The quantitative estimate of drug-likeness (QED) is 0.653. The summed E-state index contributed by atoms with van der Waals surface area (Å²) in [6.45, 7) is 0. The third-order valence-corrected chi connectivity index (χ3v) is 6.75. The van der Waals surface area contributed by atoms with E-state index in [0.717, 1.165) is 24.2 Å². The second-order valence-electron chi connectivity index (χ2n) is 8.72. The van der Waals surface area contributed by atoms with Crippen molar-refractivity contribution in [3.63, 3.8) is 0 Å². The van der Waals surface area contributed by atoms with Gasteiger partial charge >= 0.3 is 5.97 Å². The molecule has 5 atom stereocenters. The number of allylic oxidation sites excluding steroid dienone is 1. The van der Waals surface area contributed by atoms with Gasteiger partial charge in [0.15, 0.2) is 0 Å². The third kappa shape index (κ3) is 4.57. The summed E-state index contributed by atoms with van der Waals surface area (Å²) in [5, 5.41) is 30.2. The average molecular weight is 398 g/mol. The van der Waals surface area contributed by atoms with Crippen LogP contribution in [0.25, 0.3) is 6.08 Å². The normalized spacial score (nSPS) is 32.4. The van der Waals surface area contributed by atoms with Gasteiger partial charge in [-0.15, -0.1) is 0 Å². The fraction of sp³-hybridized carbons (Fsp3) is 0.542. The van der Waals surface area contributed by atoms with Crippen LogP contribution in [0.4, 0.5) is 0 Å². The largest absolute Gasteiger partial charge is 0.494 e. The average Bonchev–Trinajstić information content (AvgIpc) is 3.23. The Hall–Kier alpha value is -2.11. The Morgan fingerprint density at radius 1 is 1.21 bits per heavy atom. The van der Waals surface area contributed by atoms with Crippen LogP contribution in [0.1, 0.15) is 60.9 Å². The number of benzene rings is 1. The molecule has 4 rings (SSSR count). The van der Waals surface area contributed by atoms with Crippen molar-refractivity contribution in [1.82, 2.24) is 0 Å². The van der Waals surface area contributed by atoms with E-state index in [1.807, 2.05) is 24.3 Å². The van der Waals surface area contributed by atoms with Crippen LogP contribution in [-0.2, 0) is 4.74 Å². The Morgan fingerprint density at radius 3 is 2.76 bits per heavy atom. The van der Waals surface area contributed by atoms with Crippen LogP contribution in [0, 0.1) is 17.8 Å². The van der Waals surface area contributed by atoms with Crippen molar-refractivity contribution < 1.29 is 24.9 Å². The van der Waals surface area contributed by atoms with Gasteiger partial charge in [0, 0.05) is 24.7 Å². The third-order valence-electron chi connectivity index (χ3n) is 6.75. The summed E-state index contributed by atoms with van der Waals surface area (Å²) in [6.07, 6.45) is 12.0. The van der Waals surface area contributed by atoms with Crippen molar-refractivity contribution in [3.05, 3.63) is 53.3 Å². The summed E-state index contributed by atoms with van der Waals surface area (Å²) >= 11 is 0. The first-order valence-electron chi connectivity index (χ1n) is 10.8. The van der Waals surface area contributed by atoms with Crippen molar-refractivity contribution in [3.8, 4) is 0 Å². The van der Waals surface area contributed by atoms with Gasteiger partial charge in [-0.3, -0.25) is 0 Å². The molecule has 5 nitrogen and oxygen atoms in total. The molecule has 2 saturated carbocycles. The van der Waals surface area contributed by atoms with E-state index in [9.17, 15) is 15.0 Å². The topological polar surface area (TPSA) is 87.0 Å². The SMILES string of the molecule is O=C(O)c1cccc(C=C2CC3C(CC(O)C3C=CC(O)C3CCCCC3)O2)c1. The molecule has 0 spiro atoms. The maximum Gasteiger partial charge on any atom is 0.335 e. The predicted molar refractivity (Wildman–Crippen MR) is 110 cm³/mol. The molecule has 3 N–H and O–H groups in total. The molecule has 5 unspecified atom stereocenters. The van der Waals surface area contributed by atoms with Crippen molar-refractivity contribution >= 4 is 12.0 Å². The van der Waals surface area contributed by atoms with Gasteiger partial charge in [-0.25, -0.2) is 4.79 Å². The molecule has 3 fully saturated rings. The number of carboxylic acid groups (broad SMARTS) is 1. The van der Waals surface area contributed by atoms with E-state index in [0.29, 0.717) is 18.8 Å². The highest BCUT2D eigenvalue weighted by Crippen LogP contribution is 2.46. The monoisotopic (exact) mass is 398 g/mol. The number of carboxylic acids is 1. The van der Waals surface area contributed by atoms with Crippen molar-refractivity contribution in [2.75, 3.05) is 0 Å². The fourth-order valence-corrected chi connectivity index (χ4v) is 5.17. The first-order chi connectivity index (χ1) is 14.0. The molecule has 1 heterocycles. The molecule has 3 aliphatic rings. The summed E-state index contributed by atoms with van der Waals surface area (Å²) in [5.74, 6) is 0.398. The number of ether oxygens (including phenoxy) is 1. The summed E-state index contributed by atoms with van der Waals surface area (Å²) < 4.78 is 6.07. The Balaban J connectivity index is 1.43. The molecule has 156 valence electrons. The highest BCUT2D eigenvalue weighted by atomic mass is 16.5. The Morgan fingerprint density at radius 2 is 2.00 bits per heavy atom. The Labute approximate surface area is 171 Å². The van der Waals surface area contributed by atoms with Gasteiger partial charge in [-0.05, 0) is 42.5 Å². The van der Waals surface area contributed by atoms with Gasteiger partial charge < -0.3 is 20.1 Å². The number of hydrogen-bond acceptors (Lipinski definition) is 4.